The van der Waals surface area contributed by atoms with E-state index in [-0.39, 0.29) is 23.7 Å². The van der Waals surface area contributed by atoms with Gasteiger partial charge in [0, 0.05) is 18.8 Å². The molecule has 1 saturated heterocycles. The number of fused-ring (bicyclic) bond motifs is 1. The Balaban J connectivity index is 1.63. The number of sulfonamides is 1. The minimum absolute atomic E-state index is 0.0145. The second-order valence-corrected chi connectivity index (χ2v) is 8.57. The summed E-state index contributed by atoms with van der Waals surface area (Å²) in [6, 6.07) is 9.55. The van der Waals surface area contributed by atoms with Crippen molar-refractivity contribution in [2.24, 2.45) is 0 Å². The maximum Gasteiger partial charge on any atom is 0.259 e. The van der Waals surface area contributed by atoms with Gasteiger partial charge in [-0.1, -0.05) is 6.07 Å². The van der Waals surface area contributed by atoms with Crippen LogP contribution in [0.3, 0.4) is 0 Å². The molecule has 2 heterocycles. The molecule has 1 fully saturated rings. The van der Waals surface area contributed by atoms with Crippen LogP contribution in [-0.4, -0.2) is 65.3 Å². The van der Waals surface area contributed by atoms with E-state index < -0.39 is 15.9 Å². The summed E-state index contributed by atoms with van der Waals surface area (Å²) < 4.78 is 49.2. The van der Waals surface area contributed by atoms with E-state index in [1.807, 2.05) is 0 Å². The maximum atomic E-state index is 13.1. The topological polar surface area (TPSA) is 103 Å². The first kappa shape index (κ1) is 20.5. The average molecular weight is 434 g/mol. The van der Waals surface area contributed by atoms with Crippen molar-refractivity contribution in [3.63, 3.8) is 0 Å². The van der Waals surface area contributed by atoms with Gasteiger partial charge in [-0.05, 0) is 30.3 Å². The molecule has 0 spiro atoms. The molecule has 0 unspecified atom stereocenters. The number of carbonyl (C=O) groups is 1. The third kappa shape index (κ3) is 3.93. The molecule has 2 aliphatic heterocycles. The molecule has 4 rings (SSSR count). The van der Waals surface area contributed by atoms with Crippen LogP contribution in [0.25, 0.3) is 0 Å². The molecule has 9 nitrogen and oxygen atoms in total. The number of methoxy groups -OCH3 is 1. The summed E-state index contributed by atoms with van der Waals surface area (Å²) in [6.07, 6.45) is 0. The highest BCUT2D eigenvalue weighted by Crippen LogP contribution is 2.35. The molecule has 0 atom stereocenters. The van der Waals surface area contributed by atoms with E-state index in [1.165, 1.54) is 23.5 Å². The lowest BCUT2D eigenvalue weighted by atomic mass is 10.1. The highest BCUT2D eigenvalue weighted by Gasteiger charge is 2.30. The van der Waals surface area contributed by atoms with Gasteiger partial charge in [0.1, 0.15) is 23.9 Å². The minimum Gasteiger partial charge on any atom is -0.495 e. The molecule has 2 aromatic carbocycles. The van der Waals surface area contributed by atoms with Gasteiger partial charge in [0.25, 0.3) is 5.91 Å². The molecule has 2 aromatic rings. The Morgan fingerprint density at radius 3 is 2.60 bits per heavy atom. The molecule has 30 heavy (non-hydrogen) atoms. The van der Waals surface area contributed by atoms with Gasteiger partial charge < -0.3 is 24.3 Å². The number of hydrogen-bond donors (Lipinski definition) is 1. The van der Waals surface area contributed by atoms with Gasteiger partial charge in [-0.15, -0.1) is 0 Å². The molecule has 0 aliphatic carbocycles. The van der Waals surface area contributed by atoms with Crippen LogP contribution in [0, 0.1) is 0 Å². The molecule has 0 saturated carbocycles. The van der Waals surface area contributed by atoms with Gasteiger partial charge in [0.05, 0.1) is 25.9 Å². The first-order valence-corrected chi connectivity index (χ1v) is 10.9. The zero-order valence-electron chi connectivity index (χ0n) is 16.4. The second kappa shape index (κ2) is 8.50. The number of ether oxygens (including phenoxy) is 4. The molecule has 1 N–H and O–H groups in total. The third-order valence-corrected chi connectivity index (χ3v) is 6.74. The van der Waals surface area contributed by atoms with Crippen molar-refractivity contribution in [2.45, 2.75) is 4.90 Å². The number of hydrogen-bond acceptors (Lipinski definition) is 7. The normalized spacial score (nSPS) is 16.7. The zero-order chi connectivity index (χ0) is 21.1. The number of para-hydroxylation sites is 1. The monoisotopic (exact) mass is 434 g/mol. The summed E-state index contributed by atoms with van der Waals surface area (Å²) in [6.45, 7) is 1.95. The van der Waals surface area contributed by atoms with Crippen LogP contribution < -0.4 is 19.5 Å². The lowest BCUT2D eigenvalue weighted by Crippen LogP contribution is -2.40. The summed E-state index contributed by atoms with van der Waals surface area (Å²) in [5, 5.41) is 2.74. The molecule has 160 valence electrons. The number of nitrogens with one attached hydrogen (secondary N) is 1. The summed E-state index contributed by atoms with van der Waals surface area (Å²) in [4.78, 5) is 12.8. The summed E-state index contributed by atoms with van der Waals surface area (Å²) >= 11 is 0. The van der Waals surface area contributed by atoms with E-state index >= 15 is 0 Å². The van der Waals surface area contributed by atoms with E-state index in [0.717, 1.165) is 0 Å². The molecular formula is C20H22N2O7S. The Bertz CT molecular complexity index is 1050. The minimum atomic E-state index is -3.81. The van der Waals surface area contributed by atoms with E-state index in [2.05, 4.69) is 5.32 Å². The van der Waals surface area contributed by atoms with Crippen molar-refractivity contribution in [3.05, 3.63) is 42.0 Å². The fraction of sp³-hybridized carbons (Fsp3) is 0.350. The van der Waals surface area contributed by atoms with Crippen molar-refractivity contribution in [1.29, 1.82) is 0 Å². The zero-order valence-corrected chi connectivity index (χ0v) is 17.2. The quantitative estimate of drug-likeness (QED) is 0.765. The van der Waals surface area contributed by atoms with Crippen LogP contribution in [0.1, 0.15) is 10.4 Å². The number of amides is 1. The van der Waals surface area contributed by atoms with Gasteiger partial charge in [0.15, 0.2) is 11.5 Å². The number of carbonyl (C=O) groups excluding carboxylic acids is 1. The van der Waals surface area contributed by atoms with Crippen molar-refractivity contribution >= 4 is 21.6 Å². The van der Waals surface area contributed by atoms with Crippen LogP contribution in [0.4, 0.5) is 5.69 Å². The third-order valence-electron chi connectivity index (χ3n) is 4.82. The van der Waals surface area contributed by atoms with Crippen LogP contribution in [0.2, 0.25) is 0 Å². The summed E-state index contributed by atoms with van der Waals surface area (Å²) in [7, 11) is -2.41. The standard InChI is InChI=1S/C20H22N2O7S/c1-26-16-6-5-14(13-18(16)30(24,25)22-7-9-27-10-8-22)21-20(23)15-3-2-4-17-19(15)29-12-11-28-17/h2-6,13H,7-12H2,1H3,(H,21,23). The van der Waals surface area contributed by atoms with Crippen LogP contribution in [0.5, 0.6) is 17.2 Å². The smallest absolute Gasteiger partial charge is 0.259 e. The summed E-state index contributed by atoms with van der Waals surface area (Å²) in [5.41, 5.74) is 0.627. The predicted octanol–water partition coefficient (Wildman–Crippen LogP) is 1.74. The molecule has 0 aromatic heterocycles. The lowest BCUT2D eigenvalue weighted by molar-refractivity contribution is 0.0729. The Morgan fingerprint density at radius 2 is 1.83 bits per heavy atom. The lowest BCUT2D eigenvalue weighted by Gasteiger charge is -2.27. The van der Waals surface area contributed by atoms with Gasteiger partial charge in [-0.3, -0.25) is 4.79 Å². The number of benzene rings is 2. The fourth-order valence-corrected chi connectivity index (χ4v) is 4.92. The molecule has 2 aliphatic rings. The Morgan fingerprint density at radius 1 is 1.07 bits per heavy atom. The molecular weight excluding hydrogens is 412 g/mol. The van der Waals surface area contributed by atoms with Crippen LogP contribution >= 0.6 is 0 Å². The Kier molecular flexibility index (Phi) is 5.80. The first-order chi connectivity index (χ1) is 14.5. The van der Waals surface area contributed by atoms with Crippen molar-refractivity contribution in [3.8, 4) is 17.2 Å². The molecule has 10 heteroatoms. The second-order valence-electron chi connectivity index (χ2n) is 6.67. The molecule has 0 radical (unpaired) electrons. The highest BCUT2D eigenvalue weighted by molar-refractivity contribution is 7.89. The van der Waals surface area contributed by atoms with E-state index in [0.29, 0.717) is 49.2 Å². The number of morpholine rings is 1. The van der Waals surface area contributed by atoms with E-state index in [1.54, 1.807) is 24.3 Å². The SMILES string of the molecule is COc1ccc(NC(=O)c2cccc3c2OCCO3)cc1S(=O)(=O)N1CCOCC1. The Labute approximate surface area is 174 Å². The first-order valence-electron chi connectivity index (χ1n) is 9.46. The van der Waals surface area contributed by atoms with Crippen LogP contribution in [0.15, 0.2) is 41.3 Å². The number of nitrogens with zero attached hydrogens (tertiary/aromatic N) is 1. The molecule has 0 bridgehead atoms. The van der Waals surface area contributed by atoms with Gasteiger partial charge in [-0.2, -0.15) is 4.31 Å². The maximum absolute atomic E-state index is 13.1. The van der Waals surface area contributed by atoms with E-state index in [9.17, 15) is 13.2 Å². The van der Waals surface area contributed by atoms with Gasteiger partial charge in [0.2, 0.25) is 10.0 Å². The van der Waals surface area contributed by atoms with Crippen molar-refractivity contribution in [2.75, 3.05) is 51.9 Å². The average Bonchev–Trinajstić information content (AvgIpc) is 2.79. The van der Waals surface area contributed by atoms with Crippen molar-refractivity contribution < 1.29 is 32.2 Å². The number of rotatable bonds is 5. The Hall–Kier alpha value is -2.82. The number of anilines is 1. The highest BCUT2D eigenvalue weighted by atomic mass is 32.2. The van der Waals surface area contributed by atoms with Gasteiger partial charge >= 0.3 is 0 Å². The largest absolute Gasteiger partial charge is 0.495 e. The van der Waals surface area contributed by atoms with Crippen LogP contribution in [-0.2, 0) is 14.8 Å². The van der Waals surface area contributed by atoms with Gasteiger partial charge in [-0.25, -0.2) is 8.42 Å². The summed E-state index contributed by atoms with van der Waals surface area (Å²) in [5.74, 6) is 0.640. The molecule has 1 amide bonds. The predicted molar refractivity (Wildman–Crippen MR) is 108 cm³/mol. The van der Waals surface area contributed by atoms with Crippen molar-refractivity contribution in [1.82, 2.24) is 4.31 Å². The fourth-order valence-electron chi connectivity index (χ4n) is 3.33. The van der Waals surface area contributed by atoms with E-state index in [4.69, 9.17) is 18.9 Å².